The number of carboxylic acids is 1. The predicted octanol–water partition coefficient (Wildman–Crippen LogP) is 4.40. The average Bonchev–Trinajstić information content (AvgIpc) is 3.34. The molecule has 0 fully saturated rings. The fourth-order valence-electron chi connectivity index (χ4n) is 4.06. The molecule has 5 rings (SSSR count). The number of hydrogen-bond donors (Lipinski definition) is 2. The van der Waals surface area contributed by atoms with Crippen LogP contribution in [-0.4, -0.2) is 23.6 Å². The SMILES string of the molecule is O=C(Nc1c(C(=O)O)oc2cccc(COCc3ccccc3)c2c1=O)c1ccc2c(c1)CCO2. The van der Waals surface area contributed by atoms with E-state index >= 15 is 0 Å². The molecule has 0 saturated carbocycles. The topological polar surface area (TPSA) is 115 Å². The summed E-state index contributed by atoms with van der Waals surface area (Å²) in [5.74, 6) is -2.01. The van der Waals surface area contributed by atoms with Crippen molar-refractivity contribution < 1.29 is 28.6 Å². The quantitative estimate of drug-likeness (QED) is 0.411. The van der Waals surface area contributed by atoms with E-state index in [9.17, 15) is 19.5 Å². The first-order valence-electron chi connectivity index (χ1n) is 11.0. The maximum absolute atomic E-state index is 13.4. The van der Waals surface area contributed by atoms with Crippen LogP contribution in [0.5, 0.6) is 5.75 Å². The van der Waals surface area contributed by atoms with Crippen LogP contribution in [0.2, 0.25) is 0 Å². The van der Waals surface area contributed by atoms with Crippen LogP contribution in [0.15, 0.2) is 75.9 Å². The second-order valence-corrected chi connectivity index (χ2v) is 8.08. The average molecular weight is 471 g/mol. The van der Waals surface area contributed by atoms with E-state index in [-0.39, 0.29) is 23.1 Å². The minimum absolute atomic E-state index is 0.0980. The minimum Gasteiger partial charge on any atom is -0.493 e. The van der Waals surface area contributed by atoms with Crippen molar-refractivity contribution in [3.8, 4) is 5.75 Å². The molecule has 4 aromatic rings. The van der Waals surface area contributed by atoms with Crippen LogP contribution in [0.4, 0.5) is 5.69 Å². The van der Waals surface area contributed by atoms with E-state index in [1.807, 2.05) is 30.3 Å². The van der Waals surface area contributed by atoms with Gasteiger partial charge in [0.15, 0.2) is 0 Å². The van der Waals surface area contributed by atoms with Crippen molar-refractivity contribution in [2.45, 2.75) is 19.6 Å². The highest BCUT2D eigenvalue weighted by Crippen LogP contribution is 2.27. The summed E-state index contributed by atoms with van der Waals surface area (Å²) >= 11 is 0. The van der Waals surface area contributed by atoms with Crippen molar-refractivity contribution in [3.05, 3.63) is 105 Å². The van der Waals surface area contributed by atoms with Crippen LogP contribution < -0.4 is 15.5 Å². The molecule has 1 aromatic heterocycles. The van der Waals surface area contributed by atoms with Crippen molar-refractivity contribution in [3.63, 3.8) is 0 Å². The van der Waals surface area contributed by atoms with Crippen LogP contribution in [0, 0.1) is 0 Å². The van der Waals surface area contributed by atoms with Gasteiger partial charge in [-0.15, -0.1) is 0 Å². The maximum atomic E-state index is 13.4. The third kappa shape index (κ3) is 4.51. The van der Waals surface area contributed by atoms with Gasteiger partial charge in [0, 0.05) is 12.0 Å². The Morgan fingerprint density at radius 2 is 1.83 bits per heavy atom. The first-order chi connectivity index (χ1) is 17.0. The summed E-state index contributed by atoms with van der Waals surface area (Å²) in [4.78, 5) is 38.3. The van der Waals surface area contributed by atoms with E-state index in [0.717, 1.165) is 11.1 Å². The van der Waals surface area contributed by atoms with Crippen LogP contribution in [0.25, 0.3) is 11.0 Å². The standard InChI is InChI=1S/C27H21NO7/c29-24-22-19(15-33-14-16-5-2-1-3-6-16)7-4-8-21(22)35-25(27(31)32)23(24)28-26(30)18-9-10-20-17(13-18)11-12-34-20/h1-10,13H,11-12,14-15H2,(H,28,30)(H,31,32). The highest BCUT2D eigenvalue weighted by Gasteiger charge is 2.24. The molecule has 0 saturated heterocycles. The number of amides is 1. The number of hydrogen-bond acceptors (Lipinski definition) is 6. The maximum Gasteiger partial charge on any atom is 0.374 e. The Kier molecular flexibility index (Phi) is 6.03. The molecule has 8 heteroatoms. The van der Waals surface area contributed by atoms with Gasteiger partial charge in [-0.2, -0.15) is 0 Å². The molecule has 0 spiro atoms. The monoisotopic (exact) mass is 471 g/mol. The number of aromatic carboxylic acids is 1. The smallest absolute Gasteiger partial charge is 0.374 e. The molecule has 0 aliphatic carbocycles. The summed E-state index contributed by atoms with van der Waals surface area (Å²) in [6, 6.07) is 19.4. The van der Waals surface area contributed by atoms with E-state index in [4.69, 9.17) is 13.9 Å². The lowest BCUT2D eigenvalue weighted by molar-refractivity contribution is 0.0664. The molecule has 3 aromatic carbocycles. The van der Waals surface area contributed by atoms with Gasteiger partial charge in [0.1, 0.15) is 17.0 Å². The van der Waals surface area contributed by atoms with Gasteiger partial charge in [0.25, 0.3) is 5.91 Å². The predicted molar refractivity (Wildman–Crippen MR) is 128 cm³/mol. The summed E-state index contributed by atoms with van der Waals surface area (Å²) in [7, 11) is 0. The van der Waals surface area contributed by atoms with Gasteiger partial charge >= 0.3 is 5.97 Å². The fourth-order valence-corrected chi connectivity index (χ4v) is 4.06. The second-order valence-electron chi connectivity index (χ2n) is 8.08. The first-order valence-corrected chi connectivity index (χ1v) is 11.0. The number of carbonyl (C=O) groups excluding carboxylic acids is 1. The Morgan fingerprint density at radius 1 is 1.00 bits per heavy atom. The van der Waals surface area contributed by atoms with Crippen molar-refractivity contribution in [2.24, 2.45) is 0 Å². The van der Waals surface area contributed by atoms with Crippen molar-refractivity contribution in [2.75, 3.05) is 11.9 Å². The molecule has 0 atom stereocenters. The molecule has 176 valence electrons. The van der Waals surface area contributed by atoms with Gasteiger partial charge in [-0.1, -0.05) is 42.5 Å². The lowest BCUT2D eigenvalue weighted by atomic mass is 10.1. The number of anilines is 1. The Hall–Kier alpha value is -4.43. The van der Waals surface area contributed by atoms with E-state index in [1.54, 1.807) is 30.3 Å². The molecule has 0 radical (unpaired) electrons. The number of rotatable bonds is 7. The summed E-state index contributed by atoms with van der Waals surface area (Å²) in [5.41, 5.74) is 1.67. The van der Waals surface area contributed by atoms with Crippen LogP contribution in [0.3, 0.4) is 0 Å². The van der Waals surface area contributed by atoms with Gasteiger partial charge in [-0.3, -0.25) is 9.59 Å². The molecule has 8 nitrogen and oxygen atoms in total. The third-order valence-electron chi connectivity index (χ3n) is 5.76. The number of carbonyl (C=O) groups is 2. The molecular formula is C27H21NO7. The molecule has 2 heterocycles. The van der Waals surface area contributed by atoms with E-state index in [2.05, 4.69) is 5.32 Å². The summed E-state index contributed by atoms with van der Waals surface area (Å²) < 4.78 is 16.8. The molecule has 1 aliphatic rings. The van der Waals surface area contributed by atoms with Gasteiger partial charge in [-0.25, -0.2) is 4.79 Å². The Morgan fingerprint density at radius 3 is 2.63 bits per heavy atom. The summed E-state index contributed by atoms with van der Waals surface area (Å²) in [5, 5.41) is 12.3. The zero-order valence-corrected chi connectivity index (χ0v) is 18.6. The normalized spacial score (nSPS) is 12.2. The summed E-state index contributed by atoms with van der Waals surface area (Å²) in [6.45, 7) is 0.968. The third-order valence-corrected chi connectivity index (χ3v) is 5.76. The van der Waals surface area contributed by atoms with Gasteiger partial charge < -0.3 is 24.3 Å². The Balaban J connectivity index is 1.48. The van der Waals surface area contributed by atoms with Gasteiger partial charge in [0.2, 0.25) is 11.2 Å². The lowest BCUT2D eigenvalue weighted by Gasteiger charge is -2.12. The Bertz CT molecular complexity index is 1490. The van der Waals surface area contributed by atoms with Gasteiger partial charge in [0.05, 0.1) is 25.2 Å². The Labute approximate surface area is 199 Å². The minimum atomic E-state index is -1.47. The van der Waals surface area contributed by atoms with E-state index < -0.39 is 28.8 Å². The molecule has 0 unspecified atom stereocenters. The van der Waals surface area contributed by atoms with Crippen LogP contribution in [0.1, 0.15) is 37.6 Å². The molecule has 1 aliphatic heterocycles. The highest BCUT2D eigenvalue weighted by molar-refractivity contribution is 6.08. The van der Waals surface area contributed by atoms with Crippen molar-refractivity contribution >= 4 is 28.5 Å². The number of ether oxygens (including phenoxy) is 2. The lowest BCUT2D eigenvalue weighted by Crippen LogP contribution is -2.22. The zero-order valence-electron chi connectivity index (χ0n) is 18.6. The number of nitrogens with one attached hydrogen (secondary N) is 1. The number of benzene rings is 3. The molecular weight excluding hydrogens is 450 g/mol. The fraction of sp³-hybridized carbons (Fsp3) is 0.148. The second kappa shape index (κ2) is 9.44. The molecule has 2 N–H and O–H groups in total. The van der Waals surface area contributed by atoms with Crippen molar-refractivity contribution in [1.82, 2.24) is 0 Å². The van der Waals surface area contributed by atoms with E-state index in [1.165, 1.54) is 6.07 Å². The molecule has 1 amide bonds. The van der Waals surface area contributed by atoms with Crippen LogP contribution in [-0.2, 0) is 24.4 Å². The molecule has 0 bridgehead atoms. The number of fused-ring (bicyclic) bond motifs is 2. The van der Waals surface area contributed by atoms with Crippen LogP contribution >= 0.6 is 0 Å². The summed E-state index contributed by atoms with van der Waals surface area (Å²) in [6.07, 6.45) is 0.668. The van der Waals surface area contributed by atoms with Gasteiger partial charge in [-0.05, 0) is 41.0 Å². The highest BCUT2D eigenvalue weighted by atomic mass is 16.5. The first kappa shape index (κ1) is 22.4. The number of carboxylic acid groups (broad SMARTS) is 1. The zero-order chi connectivity index (χ0) is 24.4. The largest absolute Gasteiger partial charge is 0.493 e. The van der Waals surface area contributed by atoms with E-state index in [0.29, 0.717) is 30.9 Å². The van der Waals surface area contributed by atoms with Crippen molar-refractivity contribution in [1.29, 1.82) is 0 Å². The molecule has 35 heavy (non-hydrogen) atoms.